The first-order valence-electron chi connectivity index (χ1n) is 6.44. The van der Waals surface area contributed by atoms with Gasteiger partial charge in [-0.3, -0.25) is 9.59 Å². The van der Waals surface area contributed by atoms with Gasteiger partial charge in [0, 0.05) is 11.9 Å². The highest BCUT2D eigenvalue weighted by atomic mass is 35.5. The smallest absolute Gasteiger partial charge is 0.264 e. The normalized spacial score (nSPS) is 10.4. The van der Waals surface area contributed by atoms with Crippen LogP contribution < -0.4 is 5.32 Å². The molecule has 22 heavy (non-hydrogen) atoms. The number of carbonyl (C=O) groups excluding carboxylic acids is 2. The molecule has 0 radical (unpaired) electrons. The maximum absolute atomic E-state index is 12.2. The van der Waals surface area contributed by atoms with E-state index >= 15 is 0 Å². The molecule has 0 aliphatic carbocycles. The Morgan fingerprint density at radius 1 is 1.18 bits per heavy atom. The number of hydrogen-bond acceptors (Lipinski definition) is 3. The third kappa shape index (κ3) is 4.00. The van der Waals surface area contributed by atoms with Crippen molar-refractivity contribution in [3.05, 3.63) is 50.1 Å². The molecule has 0 saturated heterocycles. The van der Waals surface area contributed by atoms with E-state index in [1.165, 1.54) is 16.2 Å². The molecule has 7 heteroatoms. The largest absolute Gasteiger partial charge is 0.332 e. The Labute approximate surface area is 142 Å². The van der Waals surface area contributed by atoms with Crippen LogP contribution in [0.1, 0.15) is 14.5 Å². The number of likely N-dealkylation sites (N-methyl/N-ethyl adjacent to an activating group) is 1. The van der Waals surface area contributed by atoms with Crippen LogP contribution in [0.25, 0.3) is 0 Å². The number of rotatable bonds is 4. The number of carbonyl (C=O) groups is 2. The van der Waals surface area contributed by atoms with Crippen LogP contribution in [0.2, 0.25) is 10.0 Å². The maximum atomic E-state index is 12.2. The van der Waals surface area contributed by atoms with Gasteiger partial charge in [-0.1, -0.05) is 29.3 Å². The molecule has 2 aromatic rings. The quantitative estimate of drug-likeness (QED) is 0.897. The van der Waals surface area contributed by atoms with E-state index in [1.807, 2.05) is 13.0 Å². The SMILES string of the molecule is Cc1ccc(C(=O)N(C)CC(=O)Nc2c(Cl)cccc2Cl)s1. The molecule has 2 rings (SSSR count). The zero-order valence-electron chi connectivity index (χ0n) is 12.0. The third-order valence-corrected chi connectivity index (χ3v) is 4.52. The van der Waals surface area contributed by atoms with Gasteiger partial charge in [0.1, 0.15) is 0 Å². The van der Waals surface area contributed by atoms with Crippen LogP contribution in [0.3, 0.4) is 0 Å². The number of anilines is 1. The minimum Gasteiger partial charge on any atom is -0.332 e. The molecule has 1 aromatic carbocycles. The van der Waals surface area contributed by atoms with E-state index < -0.39 is 0 Å². The van der Waals surface area contributed by atoms with Crippen LogP contribution in [0.5, 0.6) is 0 Å². The summed E-state index contributed by atoms with van der Waals surface area (Å²) in [7, 11) is 1.57. The monoisotopic (exact) mass is 356 g/mol. The molecule has 1 aromatic heterocycles. The molecule has 116 valence electrons. The molecular formula is C15H14Cl2N2O2S. The second-order valence-electron chi connectivity index (χ2n) is 4.72. The fourth-order valence-electron chi connectivity index (χ4n) is 1.82. The molecule has 4 nitrogen and oxygen atoms in total. The average Bonchev–Trinajstić information content (AvgIpc) is 2.88. The van der Waals surface area contributed by atoms with E-state index in [2.05, 4.69) is 5.32 Å². The summed E-state index contributed by atoms with van der Waals surface area (Å²) in [5.74, 6) is -0.558. The van der Waals surface area contributed by atoms with E-state index in [-0.39, 0.29) is 18.4 Å². The maximum Gasteiger partial charge on any atom is 0.264 e. The van der Waals surface area contributed by atoms with Crippen molar-refractivity contribution in [2.75, 3.05) is 18.9 Å². The number of thiophene rings is 1. The second kappa shape index (κ2) is 7.13. The van der Waals surface area contributed by atoms with Crippen molar-refractivity contribution in [2.24, 2.45) is 0 Å². The Bertz CT molecular complexity index is 695. The van der Waals surface area contributed by atoms with Gasteiger partial charge in [-0.2, -0.15) is 0 Å². The van der Waals surface area contributed by atoms with Gasteiger partial charge >= 0.3 is 0 Å². The van der Waals surface area contributed by atoms with E-state index in [0.717, 1.165) is 4.88 Å². The number of benzene rings is 1. The summed E-state index contributed by atoms with van der Waals surface area (Å²) in [4.78, 5) is 27.2. The van der Waals surface area contributed by atoms with Crippen molar-refractivity contribution in [3.63, 3.8) is 0 Å². The molecule has 1 N–H and O–H groups in total. The summed E-state index contributed by atoms with van der Waals surface area (Å²) in [5, 5.41) is 3.33. The standard InChI is InChI=1S/C15H14Cl2N2O2S/c1-9-6-7-12(22-9)15(21)19(2)8-13(20)18-14-10(16)4-3-5-11(14)17/h3-7H,8H2,1-2H3,(H,18,20). The fraction of sp³-hybridized carbons (Fsp3) is 0.200. The number of hydrogen-bond donors (Lipinski definition) is 1. The Morgan fingerprint density at radius 2 is 1.82 bits per heavy atom. The van der Waals surface area contributed by atoms with Crippen LogP contribution in [0.15, 0.2) is 30.3 Å². The Balaban J connectivity index is 2.01. The van der Waals surface area contributed by atoms with Gasteiger partial charge < -0.3 is 10.2 Å². The van der Waals surface area contributed by atoms with Gasteiger partial charge in [0.2, 0.25) is 5.91 Å². The molecule has 0 saturated carbocycles. The Morgan fingerprint density at radius 3 is 2.36 bits per heavy atom. The van der Waals surface area contributed by atoms with Crippen molar-refractivity contribution in [2.45, 2.75) is 6.92 Å². The van der Waals surface area contributed by atoms with Crippen LogP contribution in [-0.4, -0.2) is 30.3 Å². The lowest BCUT2D eigenvalue weighted by Crippen LogP contribution is -2.34. The highest BCUT2D eigenvalue weighted by Crippen LogP contribution is 2.29. The van der Waals surface area contributed by atoms with Gasteiger partial charge in [-0.15, -0.1) is 11.3 Å². The summed E-state index contributed by atoms with van der Waals surface area (Å²) in [5.41, 5.74) is 0.351. The molecule has 0 aliphatic heterocycles. The topological polar surface area (TPSA) is 49.4 Å². The molecular weight excluding hydrogens is 343 g/mol. The van der Waals surface area contributed by atoms with Crippen LogP contribution in [-0.2, 0) is 4.79 Å². The van der Waals surface area contributed by atoms with E-state index in [1.54, 1.807) is 31.3 Å². The summed E-state index contributed by atoms with van der Waals surface area (Å²) in [6.07, 6.45) is 0. The minimum absolute atomic E-state index is 0.0860. The number of halogens is 2. The van der Waals surface area contributed by atoms with Gasteiger partial charge in [-0.25, -0.2) is 0 Å². The zero-order chi connectivity index (χ0) is 16.3. The average molecular weight is 357 g/mol. The van der Waals surface area contributed by atoms with E-state index in [0.29, 0.717) is 20.6 Å². The van der Waals surface area contributed by atoms with Gasteiger partial charge in [-0.05, 0) is 31.2 Å². The van der Waals surface area contributed by atoms with Gasteiger partial charge in [0.15, 0.2) is 0 Å². The molecule has 0 spiro atoms. The van der Waals surface area contributed by atoms with Gasteiger partial charge in [0.25, 0.3) is 5.91 Å². The Hall–Kier alpha value is -1.56. The summed E-state index contributed by atoms with van der Waals surface area (Å²) >= 11 is 13.4. The first-order valence-corrected chi connectivity index (χ1v) is 8.01. The molecule has 1 heterocycles. The fourth-order valence-corrected chi connectivity index (χ4v) is 3.18. The molecule has 0 unspecified atom stereocenters. The highest BCUT2D eigenvalue weighted by molar-refractivity contribution is 7.13. The summed E-state index contributed by atoms with van der Waals surface area (Å²) in [6, 6.07) is 8.57. The molecule has 2 amide bonds. The summed E-state index contributed by atoms with van der Waals surface area (Å²) in [6.45, 7) is 1.84. The van der Waals surface area contributed by atoms with Gasteiger partial charge in [0.05, 0.1) is 27.2 Å². The van der Waals surface area contributed by atoms with E-state index in [4.69, 9.17) is 23.2 Å². The number of amides is 2. The number of aryl methyl sites for hydroxylation is 1. The number of para-hydroxylation sites is 1. The number of nitrogens with one attached hydrogen (secondary N) is 1. The summed E-state index contributed by atoms with van der Waals surface area (Å²) < 4.78 is 0. The lowest BCUT2D eigenvalue weighted by molar-refractivity contribution is -0.116. The highest BCUT2D eigenvalue weighted by Gasteiger charge is 2.17. The molecule has 0 fully saturated rings. The van der Waals surface area contributed by atoms with Crippen molar-refractivity contribution in [3.8, 4) is 0 Å². The van der Waals surface area contributed by atoms with Crippen LogP contribution in [0, 0.1) is 6.92 Å². The number of nitrogens with zero attached hydrogens (tertiary/aromatic N) is 1. The minimum atomic E-state index is -0.362. The lowest BCUT2D eigenvalue weighted by atomic mass is 10.3. The Kier molecular flexibility index (Phi) is 5.45. The van der Waals surface area contributed by atoms with Crippen molar-refractivity contribution >= 4 is 52.0 Å². The lowest BCUT2D eigenvalue weighted by Gasteiger charge is -2.16. The first-order chi connectivity index (χ1) is 10.4. The van der Waals surface area contributed by atoms with Crippen LogP contribution >= 0.6 is 34.5 Å². The molecule has 0 aliphatic rings. The van der Waals surface area contributed by atoms with Crippen molar-refractivity contribution in [1.29, 1.82) is 0 Å². The third-order valence-electron chi connectivity index (χ3n) is 2.91. The van der Waals surface area contributed by atoms with Crippen LogP contribution in [0.4, 0.5) is 5.69 Å². The van der Waals surface area contributed by atoms with Crippen molar-refractivity contribution < 1.29 is 9.59 Å². The second-order valence-corrected chi connectivity index (χ2v) is 6.82. The van der Waals surface area contributed by atoms with Crippen molar-refractivity contribution in [1.82, 2.24) is 4.90 Å². The predicted octanol–water partition coefficient (Wildman–Crippen LogP) is 4.07. The first kappa shape index (κ1) is 16.8. The zero-order valence-corrected chi connectivity index (χ0v) is 14.4. The molecule has 0 bridgehead atoms. The molecule has 0 atom stereocenters. The van der Waals surface area contributed by atoms with E-state index in [9.17, 15) is 9.59 Å². The predicted molar refractivity (Wildman–Crippen MR) is 91.1 cm³/mol.